The van der Waals surface area contributed by atoms with Crippen molar-refractivity contribution in [3.8, 4) is 5.75 Å². The van der Waals surface area contributed by atoms with Crippen molar-refractivity contribution in [3.63, 3.8) is 0 Å². The van der Waals surface area contributed by atoms with Crippen LogP contribution in [0, 0.1) is 5.82 Å². The second-order valence-electron chi connectivity index (χ2n) is 3.78. The van der Waals surface area contributed by atoms with Gasteiger partial charge in [0.2, 0.25) is 0 Å². The first kappa shape index (κ1) is 13.2. The van der Waals surface area contributed by atoms with E-state index in [0.717, 1.165) is 0 Å². The van der Waals surface area contributed by atoms with Gasteiger partial charge in [0.25, 0.3) is 0 Å². The minimum absolute atomic E-state index is 0.235. The number of hydrogen-bond acceptors (Lipinski definition) is 1. The van der Waals surface area contributed by atoms with Crippen LogP contribution in [0.5, 0.6) is 5.75 Å². The molecule has 4 heteroatoms. The summed E-state index contributed by atoms with van der Waals surface area (Å²) in [4.78, 5) is 0. The first-order chi connectivity index (χ1) is 8.55. The number of hydrogen-bond donors (Lipinski definition) is 0. The van der Waals surface area contributed by atoms with E-state index in [0.29, 0.717) is 11.3 Å². The average molecular weight is 285 g/mol. The van der Waals surface area contributed by atoms with Gasteiger partial charge in [-0.15, -0.1) is 0 Å². The molecule has 18 heavy (non-hydrogen) atoms. The van der Waals surface area contributed by atoms with Gasteiger partial charge in [-0.05, 0) is 23.8 Å². The van der Waals surface area contributed by atoms with Gasteiger partial charge in [0.15, 0.2) is 4.33 Å². The fraction of sp³-hybridized carbons (Fsp3) is 0.143. The van der Waals surface area contributed by atoms with Gasteiger partial charge < -0.3 is 4.74 Å². The fourth-order valence-corrected chi connectivity index (χ4v) is 2.23. The molecule has 0 radical (unpaired) electrons. The van der Waals surface area contributed by atoms with Crippen LogP contribution in [0.1, 0.15) is 11.1 Å². The third-order valence-electron chi connectivity index (χ3n) is 2.66. The van der Waals surface area contributed by atoms with Crippen molar-refractivity contribution in [2.45, 2.75) is 4.33 Å². The van der Waals surface area contributed by atoms with E-state index < -0.39 is 10.2 Å². The lowest BCUT2D eigenvalue weighted by atomic mass is 10.0. The monoisotopic (exact) mass is 284 g/mol. The first-order valence-corrected chi connectivity index (χ1v) is 6.08. The molecular formula is C14H11Cl2FO. The van der Waals surface area contributed by atoms with Crippen LogP contribution in [0.15, 0.2) is 48.5 Å². The Bertz CT molecular complexity index is 538. The maximum atomic E-state index is 13.7. The molecule has 2 aromatic rings. The highest BCUT2D eigenvalue weighted by atomic mass is 35.5. The number of methoxy groups -OCH3 is 1. The summed E-state index contributed by atoms with van der Waals surface area (Å²) in [5.74, 6) is 0.259. The highest BCUT2D eigenvalue weighted by molar-refractivity contribution is 6.50. The van der Waals surface area contributed by atoms with Crippen LogP contribution in [0.2, 0.25) is 0 Å². The Hall–Kier alpha value is -1.25. The first-order valence-electron chi connectivity index (χ1n) is 5.33. The van der Waals surface area contributed by atoms with Crippen molar-refractivity contribution in [3.05, 3.63) is 65.5 Å². The molecule has 0 amide bonds. The van der Waals surface area contributed by atoms with Gasteiger partial charge >= 0.3 is 0 Å². The Labute approximate surface area is 115 Å². The summed E-state index contributed by atoms with van der Waals surface area (Å²) >= 11 is 12.5. The molecule has 94 valence electrons. The van der Waals surface area contributed by atoms with Gasteiger partial charge in [-0.25, -0.2) is 4.39 Å². The molecule has 0 saturated carbocycles. The lowest BCUT2D eigenvalue weighted by molar-refractivity contribution is 0.414. The van der Waals surface area contributed by atoms with Crippen molar-refractivity contribution < 1.29 is 9.13 Å². The quantitative estimate of drug-likeness (QED) is 0.754. The molecule has 0 heterocycles. The number of rotatable bonds is 3. The Morgan fingerprint density at radius 2 is 1.61 bits per heavy atom. The highest BCUT2D eigenvalue weighted by Crippen LogP contribution is 2.42. The smallest absolute Gasteiger partial charge is 0.170 e. The minimum Gasteiger partial charge on any atom is -0.497 e. The van der Waals surface area contributed by atoms with Crippen LogP contribution in [0.4, 0.5) is 4.39 Å². The predicted molar refractivity (Wildman–Crippen MR) is 71.9 cm³/mol. The van der Waals surface area contributed by atoms with E-state index >= 15 is 0 Å². The van der Waals surface area contributed by atoms with Crippen molar-refractivity contribution >= 4 is 23.2 Å². The molecule has 0 N–H and O–H groups in total. The third-order valence-corrected chi connectivity index (χ3v) is 3.51. The topological polar surface area (TPSA) is 9.23 Å². The second-order valence-corrected chi connectivity index (χ2v) is 5.11. The summed E-state index contributed by atoms with van der Waals surface area (Å²) in [5.41, 5.74) is 0.829. The SMILES string of the molecule is COc1ccc(C(Cl)(Cl)c2ccccc2F)cc1. The Balaban J connectivity index is 2.44. The Kier molecular flexibility index (Phi) is 3.79. The van der Waals surface area contributed by atoms with Gasteiger partial charge in [-0.3, -0.25) is 0 Å². The van der Waals surface area contributed by atoms with Gasteiger partial charge in [-0.1, -0.05) is 53.5 Å². The Morgan fingerprint density at radius 3 is 2.17 bits per heavy atom. The van der Waals surface area contributed by atoms with Crippen LogP contribution in [-0.2, 0) is 4.33 Å². The highest BCUT2D eigenvalue weighted by Gasteiger charge is 2.31. The molecule has 1 nitrogen and oxygen atoms in total. The molecule has 0 aliphatic heterocycles. The second kappa shape index (κ2) is 5.17. The van der Waals surface area contributed by atoms with Gasteiger partial charge in [0, 0.05) is 5.56 Å². The number of ether oxygens (including phenoxy) is 1. The summed E-state index contributed by atoms with van der Waals surface area (Å²) in [6, 6.07) is 13.1. The zero-order valence-corrected chi connectivity index (χ0v) is 11.2. The normalized spacial score (nSPS) is 11.3. The van der Waals surface area contributed by atoms with E-state index in [1.807, 2.05) is 0 Å². The maximum absolute atomic E-state index is 13.7. The van der Waals surface area contributed by atoms with E-state index in [9.17, 15) is 4.39 Å². The molecule has 0 aromatic heterocycles. The minimum atomic E-state index is -1.42. The van der Waals surface area contributed by atoms with Crippen molar-refractivity contribution in [1.82, 2.24) is 0 Å². The average Bonchev–Trinajstić information content (AvgIpc) is 2.39. The van der Waals surface area contributed by atoms with E-state index in [1.165, 1.54) is 6.07 Å². The van der Waals surface area contributed by atoms with Gasteiger partial charge in [-0.2, -0.15) is 0 Å². The summed E-state index contributed by atoms with van der Waals surface area (Å²) in [6.07, 6.45) is 0. The summed E-state index contributed by atoms with van der Waals surface area (Å²) in [5, 5.41) is 0. The van der Waals surface area contributed by atoms with E-state index in [2.05, 4.69) is 0 Å². The summed E-state index contributed by atoms with van der Waals surface area (Å²) < 4.78 is 17.4. The van der Waals surface area contributed by atoms with Gasteiger partial charge in [0.05, 0.1) is 7.11 Å². The molecule has 0 aliphatic rings. The zero-order valence-electron chi connectivity index (χ0n) is 9.66. The van der Waals surface area contributed by atoms with Crippen LogP contribution in [-0.4, -0.2) is 7.11 Å². The fourth-order valence-electron chi connectivity index (χ4n) is 1.67. The van der Waals surface area contributed by atoms with Gasteiger partial charge in [0.1, 0.15) is 11.6 Å². The molecule has 0 fully saturated rings. The Morgan fingerprint density at radius 1 is 1.00 bits per heavy atom. The van der Waals surface area contributed by atoms with E-state index in [1.54, 1.807) is 49.6 Å². The molecule has 0 unspecified atom stereocenters. The van der Waals surface area contributed by atoms with Crippen LogP contribution in [0.3, 0.4) is 0 Å². The maximum Gasteiger partial charge on any atom is 0.170 e. The number of alkyl halides is 2. The van der Waals surface area contributed by atoms with Crippen LogP contribution in [0.25, 0.3) is 0 Å². The number of halogens is 3. The van der Waals surface area contributed by atoms with Crippen LogP contribution >= 0.6 is 23.2 Å². The molecule has 2 rings (SSSR count). The molecule has 0 bridgehead atoms. The predicted octanol–water partition coefficient (Wildman–Crippen LogP) is 4.51. The molecule has 0 aliphatic carbocycles. The number of benzene rings is 2. The molecule has 0 atom stereocenters. The lowest BCUT2D eigenvalue weighted by Crippen LogP contribution is -2.14. The molecular weight excluding hydrogens is 274 g/mol. The van der Waals surface area contributed by atoms with Crippen molar-refractivity contribution in [2.24, 2.45) is 0 Å². The zero-order chi connectivity index (χ0) is 13.2. The van der Waals surface area contributed by atoms with Crippen molar-refractivity contribution in [2.75, 3.05) is 7.11 Å². The lowest BCUT2D eigenvalue weighted by Gasteiger charge is -2.21. The molecule has 2 aromatic carbocycles. The molecule has 0 saturated heterocycles. The van der Waals surface area contributed by atoms with Crippen molar-refractivity contribution in [1.29, 1.82) is 0 Å². The largest absolute Gasteiger partial charge is 0.497 e. The third kappa shape index (κ3) is 2.45. The standard InChI is InChI=1S/C14H11Cl2FO/c1-18-11-8-6-10(7-9-11)14(15,16)12-4-2-3-5-13(12)17/h2-9H,1H3. The van der Waals surface area contributed by atoms with Crippen LogP contribution < -0.4 is 4.74 Å². The van der Waals surface area contributed by atoms with E-state index in [4.69, 9.17) is 27.9 Å². The summed E-state index contributed by atoms with van der Waals surface area (Å²) in [6.45, 7) is 0. The van der Waals surface area contributed by atoms with E-state index in [-0.39, 0.29) is 5.56 Å². The summed E-state index contributed by atoms with van der Waals surface area (Å²) in [7, 11) is 1.57. The molecule has 0 spiro atoms.